The van der Waals surface area contributed by atoms with Crippen LogP contribution in [0.4, 0.5) is 13.2 Å². The SMILES string of the molecule is Cc1cn(-c2cc(F)cc(F)c2F)nc1C(=O)O. The Hall–Kier alpha value is -2.31. The third-order valence-electron chi connectivity index (χ3n) is 2.32. The molecular formula is C11H7F3N2O2. The Balaban J connectivity index is 2.62. The number of hydrogen-bond donors (Lipinski definition) is 1. The van der Waals surface area contributed by atoms with Crippen LogP contribution >= 0.6 is 0 Å². The first-order valence-electron chi connectivity index (χ1n) is 4.84. The Labute approximate surface area is 99.3 Å². The van der Waals surface area contributed by atoms with Crippen molar-refractivity contribution in [2.24, 2.45) is 0 Å². The zero-order chi connectivity index (χ0) is 13.4. The maximum Gasteiger partial charge on any atom is 0.356 e. The number of aryl methyl sites for hydroxylation is 1. The summed E-state index contributed by atoms with van der Waals surface area (Å²) in [5, 5.41) is 12.4. The van der Waals surface area contributed by atoms with Crippen LogP contribution in [-0.2, 0) is 0 Å². The first-order valence-corrected chi connectivity index (χ1v) is 4.84. The van der Waals surface area contributed by atoms with Crippen molar-refractivity contribution in [3.05, 3.63) is 47.0 Å². The summed E-state index contributed by atoms with van der Waals surface area (Å²) in [5.74, 6) is -4.94. The zero-order valence-electron chi connectivity index (χ0n) is 9.12. The zero-order valence-corrected chi connectivity index (χ0v) is 9.12. The number of halogens is 3. The molecule has 0 saturated heterocycles. The van der Waals surface area contributed by atoms with Crippen LogP contribution in [0.3, 0.4) is 0 Å². The highest BCUT2D eigenvalue weighted by atomic mass is 19.2. The van der Waals surface area contributed by atoms with E-state index in [1.165, 1.54) is 13.1 Å². The average Bonchev–Trinajstić information content (AvgIpc) is 2.65. The molecule has 1 aromatic heterocycles. The first kappa shape index (κ1) is 12.2. The van der Waals surface area contributed by atoms with Crippen LogP contribution in [0, 0.1) is 24.4 Å². The summed E-state index contributed by atoms with van der Waals surface area (Å²) in [6.45, 7) is 1.44. The molecule has 0 atom stereocenters. The van der Waals surface area contributed by atoms with Crippen molar-refractivity contribution in [2.75, 3.05) is 0 Å². The van der Waals surface area contributed by atoms with E-state index in [1.54, 1.807) is 0 Å². The molecule has 4 nitrogen and oxygen atoms in total. The molecule has 0 saturated carbocycles. The molecule has 1 aromatic carbocycles. The molecule has 1 heterocycles. The number of aromatic nitrogens is 2. The van der Waals surface area contributed by atoms with Crippen LogP contribution in [0.2, 0.25) is 0 Å². The van der Waals surface area contributed by atoms with E-state index < -0.39 is 29.1 Å². The normalized spacial score (nSPS) is 10.7. The first-order chi connectivity index (χ1) is 8.40. The quantitative estimate of drug-likeness (QED) is 0.839. The standard InChI is InChI=1S/C11H7F3N2O2/c1-5-4-16(15-10(5)11(17)18)8-3-6(12)2-7(13)9(8)14/h2-4H,1H3,(H,17,18). The number of nitrogens with zero attached hydrogens (tertiary/aromatic N) is 2. The van der Waals surface area contributed by atoms with Gasteiger partial charge < -0.3 is 5.11 Å². The van der Waals surface area contributed by atoms with E-state index in [9.17, 15) is 18.0 Å². The van der Waals surface area contributed by atoms with E-state index in [0.717, 1.165) is 10.7 Å². The highest BCUT2D eigenvalue weighted by Gasteiger charge is 2.17. The van der Waals surface area contributed by atoms with E-state index in [4.69, 9.17) is 5.11 Å². The second-order valence-corrected chi connectivity index (χ2v) is 3.63. The molecule has 0 aliphatic rings. The second-order valence-electron chi connectivity index (χ2n) is 3.63. The van der Waals surface area contributed by atoms with Crippen LogP contribution in [0.5, 0.6) is 0 Å². The van der Waals surface area contributed by atoms with Gasteiger partial charge in [0.05, 0.1) is 0 Å². The minimum atomic E-state index is -1.37. The minimum absolute atomic E-state index is 0.256. The van der Waals surface area contributed by atoms with E-state index in [1.807, 2.05) is 0 Å². The molecule has 0 spiro atoms. The molecule has 0 unspecified atom stereocenters. The summed E-state index contributed by atoms with van der Waals surface area (Å²) >= 11 is 0. The molecular weight excluding hydrogens is 249 g/mol. The van der Waals surface area contributed by atoms with Gasteiger partial charge in [-0.15, -0.1) is 0 Å². The van der Waals surface area contributed by atoms with Gasteiger partial charge in [-0.25, -0.2) is 22.6 Å². The van der Waals surface area contributed by atoms with Gasteiger partial charge in [0.1, 0.15) is 11.5 Å². The summed E-state index contributed by atoms with van der Waals surface area (Å²) in [7, 11) is 0. The number of carbonyl (C=O) groups is 1. The van der Waals surface area contributed by atoms with Gasteiger partial charge in [0.15, 0.2) is 17.3 Å². The summed E-state index contributed by atoms with van der Waals surface area (Å²) < 4.78 is 40.3. The van der Waals surface area contributed by atoms with Crippen molar-refractivity contribution in [1.29, 1.82) is 0 Å². The third kappa shape index (κ3) is 1.94. The van der Waals surface area contributed by atoms with Crippen molar-refractivity contribution < 1.29 is 23.1 Å². The smallest absolute Gasteiger partial charge is 0.356 e. The maximum absolute atomic E-state index is 13.5. The highest BCUT2D eigenvalue weighted by Crippen LogP contribution is 2.19. The molecule has 0 radical (unpaired) electrons. The van der Waals surface area contributed by atoms with Crippen LogP contribution in [-0.4, -0.2) is 20.9 Å². The van der Waals surface area contributed by atoms with Gasteiger partial charge in [-0.3, -0.25) is 0 Å². The van der Waals surface area contributed by atoms with Crippen molar-refractivity contribution in [3.8, 4) is 5.69 Å². The Morgan fingerprint density at radius 2 is 2.00 bits per heavy atom. The van der Waals surface area contributed by atoms with Gasteiger partial charge in [0.25, 0.3) is 0 Å². The van der Waals surface area contributed by atoms with E-state index in [2.05, 4.69) is 5.10 Å². The number of benzene rings is 1. The van der Waals surface area contributed by atoms with Crippen molar-refractivity contribution in [1.82, 2.24) is 9.78 Å². The fourth-order valence-corrected chi connectivity index (χ4v) is 1.50. The molecule has 0 aliphatic heterocycles. The highest BCUT2D eigenvalue weighted by molar-refractivity contribution is 5.86. The average molecular weight is 256 g/mol. The Morgan fingerprint density at radius 3 is 2.56 bits per heavy atom. The molecule has 2 rings (SSSR count). The fraction of sp³-hybridized carbons (Fsp3) is 0.0909. The molecule has 0 aliphatic carbocycles. The van der Waals surface area contributed by atoms with Crippen molar-refractivity contribution in [2.45, 2.75) is 6.92 Å². The summed E-state index contributed by atoms with van der Waals surface area (Å²) in [6, 6.07) is 1.13. The molecule has 0 fully saturated rings. The van der Waals surface area contributed by atoms with Crippen molar-refractivity contribution >= 4 is 5.97 Å². The van der Waals surface area contributed by atoms with Gasteiger partial charge >= 0.3 is 5.97 Å². The maximum atomic E-state index is 13.5. The van der Waals surface area contributed by atoms with Gasteiger partial charge in [0.2, 0.25) is 0 Å². The molecule has 1 N–H and O–H groups in total. The molecule has 0 amide bonds. The van der Waals surface area contributed by atoms with Gasteiger partial charge in [-0.2, -0.15) is 5.10 Å². The molecule has 0 bridgehead atoms. The summed E-state index contributed by atoms with van der Waals surface area (Å²) in [6.07, 6.45) is 1.18. The number of carboxylic acid groups (broad SMARTS) is 1. The monoisotopic (exact) mass is 256 g/mol. The molecule has 2 aromatic rings. The number of hydrogen-bond acceptors (Lipinski definition) is 2. The van der Waals surface area contributed by atoms with Crippen molar-refractivity contribution in [3.63, 3.8) is 0 Å². The lowest BCUT2D eigenvalue weighted by Gasteiger charge is -2.04. The Morgan fingerprint density at radius 1 is 1.33 bits per heavy atom. The van der Waals surface area contributed by atoms with E-state index in [0.29, 0.717) is 6.07 Å². The number of rotatable bonds is 2. The van der Waals surface area contributed by atoms with Crippen LogP contribution in [0.15, 0.2) is 18.3 Å². The Kier molecular flexibility index (Phi) is 2.82. The van der Waals surface area contributed by atoms with Crippen LogP contribution < -0.4 is 0 Å². The lowest BCUT2D eigenvalue weighted by atomic mass is 10.2. The van der Waals surface area contributed by atoms with Crippen LogP contribution in [0.1, 0.15) is 16.1 Å². The number of aromatic carboxylic acids is 1. The topological polar surface area (TPSA) is 55.1 Å². The van der Waals surface area contributed by atoms with E-state index >= 15 is 0 Å². The Bertz CT molecular complexity index is 637. The minimum Gasteiger partial charge on any atom is -0.476 e. The second kappa shape index (κ2) is 4.17. The number of carboxylic acids is 1. The van der Waals surface area contributed by atoms with Gasteiger partial charge in [0, 0.05) is 23.9 Å². The van der Waals surface area contributed by atoms with Gasteiger partial charge in [-0.1, -0.05) is 0 Å². The lowest BCUT2D eigenvalue weighted by Crippen LogP contribution is -2.05. The predicted octanol–water partition coefficient (Wildman–Crippen LogP) is 2.30. The molecule has 7 heteroatoms. The largest absolute Gasteiger partial charge is 0.476 e. The third-order valence-corrected chi connectivity index (χ3v) is 2.32. The van der Waals surface area contributed by atoms with Gasteiger partial charge in [-0.05, 0) is 6.92 Å². The molecule has 94 valence electrons. The lowest BCUT2D eigenvalue weighted by molar-refractivity contribution is 0.0689. The van der Waals surface area contributed by atoms with Crippen LogP contribution in [0.25, 0.3) is 5.69 Å². The summed E-state index contributed by atoms with van der Waals surface area (Å²) in [4.78, 5) is 10.8. The summed E-state index contributed by atoms with van der Waals surface area (Å²) in [5.41, 5.74) is -0.534. The molecule has 18 heavy (non-hydrogen) atoms. The fourth-order valence-electron chi connectivity index (χ4n) is 1.50. The van der Waals surface area contributed by atoms with E-state index in [-0.39, 0.29) is 11.3 Å². The predicted molar refractivity (Wildman–Crippen MR) is 55.1 cm³/mol.